The predicted molar refractivity (Wildman–Crippen MR) is 105 cm³/mol. The normalized spacial score (nSPS) is 15.7. The molecule has 1 aliphatic heterocycles. The first-order valence-electron chi connectivity index (χ1n) is 8.28. The molecule has 1 fully saturated rings. The molecule has 0 saturated carbocycles. The van der Waals surface area contributed by atoms with Gasteiger partial charge in [-0.2, -0.15) is 0 Å². The van der Waals surface area contributed by atoms with E-state index >= 15 is 0 Å². The second kappa shape index (κ2) is 8.61. The van der Waals surface area contributed by atoms with Crippen LogP contribution >= 0.6 is 23.4 Å². The summed E-state index contributed by atoms with van der Waals surface area (Å²) in [5.41, 5.74) is 1.73. The molecule has 132 valence electrons. The van der Waals surface area contributed by atoms with Gasteiger partial charge < -0.3 is 15.0 Å². The lowest BCUT2D eigenvalue weighted by Crippen LogP contribution is -2.37. The number of carbonyl (C=O) groups excluding carboxylic acids is 1. The molecule has 0 radical (unpaired) electrons. The number of halogens is 1. The van der Waals surface area contributed by atoms with Crippen LogP contribution in [0, 0.1) is 0 Å². The van der Waals surface area contributed by atoms with Crippen molar-refractivity contribution in [2.24, 2.45) is 0 Å². The molecular formula is C19H21ClN2O2S. The molecule has 1 heterocycles. The van der Waals surface area contributed by atoms with Gasteiger partial charge in [0.15, 0.2) is 0 Å². The maximum Gasteiger partial charge on any atom is 0.237 e. The van der Waals surface area contributed by atoms with Crippen molar-refractivity contribution in [1.82, 2.24) is 0 Å². The van der Waals surface area contributed by atoms with Gasteiger partial charge in [-0.3, -0.25) is 4.79 Å². The standard InChI is InChI=1S/C19H21ClN2O2S/c1-14(25-16-5-3-2-4-6-16)19(23)21-17-13-15(20)7-8-18(17)22-9-11-24-12-10-22/h2-8,13-14H,9-12H2,1H3,(H,21,23). The van der Waals surface area contributed by atoms with Crippen molar-refractivity contribution in [3.63, 3.8) is 0 Å². The number of nitrogens with one attached hydrogen (secondary N) is 1. The molecule has 2 aromatic rings. The highest BCUT2D eigenvalue weighted by atomic mass is 35.5. The van der Waals surface area contributed by atoms with Gasteiger partial charge in [0.2, 0.25) is 5.91 Å². The van der Waals surface area contributed by atoms with Gasteiger partial charge >= 0.3 is 0 Å². The summed E-state index contributed by atoms with van der Waals surface area (Å²) in [4.78, 5) is 15.9. The quantitative estimate of drug-likeness (QED) is 0.790. The van der Waals surface area contributed by atoms with Crippen LogP contribution in [0.5, 0.6) is 0 Å². The van der Waals surface area contributed by atoms with Crippen LogP contribution in [0.1, 0.15) is 6.92 Å². The molecule has 1 amide bonds. The monoisotopic (exact) mass is 376 g/mol. The fraction of sp³-hybridized carbons (Fsp3) is 0.316. The second-order valence-corrected chi connectivity index (χ2v) is 7.67. The third-order valence-electron chi connectivity index (χ3n) is 3.99. The van der Waals surface area contributed by atoms with E-state index in [-0.39, 0.29) is 11.2 Å². The van der Waals surface area contributed by atoms with Gasteiger partial charge in [-0.15, -0.1) is 11.8 Å². The number of carbonyl (C=O) groups is 1. The maximum absolute atomic E-state index is 12.6. The summed E-state index contributed by atoms with van der Waals surface area (Å²) in [6.45, 7) is 4.90. The highest BCUT2D eigenvalue weighted by molar-refractivity contribution is 8.00. The van der Waals surface area contributed by atoms with E-state index < -0.39 is 0 Å². The Balaban J connectivity index is 1.72. The van der Waals surface area contributed by atoms with Crippen LogP contribution in [-0.4, -0.2) is 37.5 Å². The molecule has 1 saturated heterocycles. The summed E-state index contributed by atoms with van der Waals surface area (Å²) in [6.07, 6.45) is 0. The van der Waals surface area contributed by atoms with Crippen molar-refractivity contribution in [2.45, 2.75) is 17.1 Å². The lowest BCUT2D eigenvalue weighted by atomic mass is 10.2. The average Bonchev–Trinajstić information content (AvgIpc) is 2.63. The Labute approximate surface area is 157 Å². The fourth-order valence-electron chi connectivity index (χ4n) is 2.68. The Hall–Kier alpha value is -1.69. The second-order valence-electron chi connectivity index (χ2n) is 5.82. The lowest BCUT2D eigenvalue weighted by molar-refractivity contribution is -0.115. The third-order valence-corrected chi connectivity index (χ3v) is 5.34. The first kappa shape index (κ1) is 18.1. The zero-order valence-corrected chi connectivity index (χ0v) is 15.6. The van der Waals surface area contributed by atoms with E-state index in [2.05, 4.69) is 10.2 Å². The van der Waals surface area contributed by atoms with Crippen LogP contribution < -0.4 is 10.2 Å². The Morgan fingerprint density at radius 3 is 2.64 bits per heavy atom. The Kier molecular flexibility index (Phi) is 6.24. The van der Waals surface area contributed by atoms with E-state index in [0.717, 1.165) is 29.4 Å². The number of hydrogen-bond acceptors (Lipinski definition) is 4. The van der Waals surface area contributed by atoms with Crippen LogP contribution in [0.15, 0.2) is 53.4 Å². The van der Waals surface area contributed by atoms with E-state index in [0.29, 0.717) is 18.2 Å². The zero-order chi connectivity index (χ0) is 17.6. The summed E-state index contributed by atoms with van der Waals surface area (Å²) in [6, 6.07) is 15.5. The number of nitrogens with zero attached hydrogens (tertiary/aromatic N) is 1. The van der Waals surface area contributed by atoms with Crippen molar-refractivity contribution in [2.75, 3.05) is 36.5 Å². The van der Waals surface area contributed by atoms with Crippen molar-refractivity contribution in [3.05, 3.63) is 53.6 Å². The van der Waals surface area contributed by atoms with Crippen LogP contribution in [0.4, 0.5) is 11.4 Å². The van der Waals surface area contributed by atoms with Gasteiger partial charge in [-0.05, 0) is 37.3 Å². The van der Waals surface area contributed by atoms with Crippen LogP contribution in [0.2, 0.25) is 5.02 Å². The molecule has 6 heteroatoms. The van der Waals surface area contributed by atoms with E-state index in [1.165, 1.54) is 11.8 Å². The third kappa shape index (κ3) is 4.91. The Bertz CT molecular complexity index is 721. The van der Waals surface area contributed by atoms with Crippen molar-refractivity contribution >= 4 is 40.6 Å². The molecule has 1 N–H and O–H groups in total. The van der Waals surface area contributed by atoms with Crippen molar-refractivity contribution in [3.8, 4) is 0 Å². The lowest BCUT2D eigenvalue weighted by Gasteiger charge is -2.30. The SMILES string of the molecule is CC(Sc1ccccc1)C(=O)Nc1cc(Cl)ccc1N1CCOCC1. The van der Waals surface area contributed by atoms with Gasteiger partial charge in [0.05, 0.1) is 29.8 Å². The number of anilines is 2. The van der Waals surface area contributed by atoms with E-state index in [4.69, 9.17) is 16.3 Å². The average molecular weight is 377 g/mol. The maximum atomic E-state index is 12.6. The van der Waals surface area contributed by atoms with E-state index in [9.17, 15) is 4.79 Å². The van der Waals surface area contributed by atoms with Crippen LogP contribution in [0.25, 0.3) is 0 Å². The summed E-state index contributed by atoms with van der Waals surface area (Å²) in [5.74, 6) is -0.0365. The van der Waals surface area contributed by atoms with Crippen molar-refractivity contribution in [1.29, 1.82) is 0 Å². The van der Waals surface area contributed by atoms with Gasteiger partial charge in [0.1, 0.15) is 0 Å². The van der Waals surface area contributed by atoms with Gasteiger partial charge in [-0.25, -0.2) is 0 Å². The van der Waals surface area contributed by atoms with Crippen LogP contribution in [-0.2, 0) is 9.53 Å². The van der Waals surface area contributed by atoms with Crippen LogP contribution in [0.3, 0.4) is 0 Å². The minimum absolute atomic E-state index is 0.0365. The molecule has 2 aromatic carbocycles. The van der Waals surface area contributed by atoms with E-state index in [1.807, 2.05) is 55.5 Å². The first-order valence-corrected chi connectivity index (χ1v) is 9.54. The van der Waals surface area contributed by atoms with Gasteiger partial charge in [-0.1, -0.05) is 29.8 Å². The number of ether oxygens (including phenoxy) is 1. The molecule has 25 heavy (non-hydrogen) atoms. The minimum Gasteiger partial charge on any atom is -0.378 e. The Morgan fingerprint density at radius 1 is 1.20 bits per heavy atom. The summed E-state index contributed by atoms with van der Waals surface area (Å²) in [7, 11) is 0. The highest BCUT2D eigenvalue weighted by Gasteiger charge is 2.19. The van der Waals surface area contributed by atoms with Crippen molar-refractivity contribution < 1.29 is 9.53 Å². The van der Waals surface area contributed by atoms with Gasteiger partial charge in [0, 0.05) is 23.0 Å². The summed E-state index contributed by atoms with van der Waals surface area (Å²) >= 11 is 7.69. The van der Waals surface area contributed by atoms with E-state index in [1.54, 1.807) is 0 Å². The topological polar surface area (TPSA) is 41.6 Å². The largest absolute Gasteiger partial charge is 0.378 e. The smallest absolute Gasteiger partial charge is 0.237 e. The summed E-state index contributed by atoms with van der Waals surface area (Å²) in [5, 5.41) is 3.44. The minimum atomic E-state index is -0.209. The molecule has 0 aromatic heterocycles. The number of benzene rings is 2. The fourth-order valence-corrected chi connectivity index (χ4v) is 3.74. The molecule has 0 bridgehead atoms. The molecule has 1 atom stereocenters. The summed E-state index contributed by atoms with van der Waals surface area (Å²) < 4.78 is 5.41. The molecule has 1 aliphatic rings. The predicted octanol–water partition coefficient (Wildman–Crippen LogP) is 4.30. The molecular weight excluding hydrogens is 356 g/mol. The molecule has 3 rings (SSSR count). The number of amides is 1. The molecule has 4 nitrogen and oxygen atoms in total. The number of rotatable bonds is 5. The zero-order valence-electron chi connectivity index (χ0n) is 14.1. The Morgan fingerprint density at radius 2 is 1.92 bits per heavy atom. The number of hydrogen-bond donors (Lipinski definition) is 1. The number of thioether (sulfide) groups is 1. The highest BCUT2D eigenvalue weighted by Crippen LogP contribution is 2.31. The molecule has 1 unspecified atom stereocenters. The van der Waals surface area contributed by atoms with Gasteiger partial charge in [0.25, 0.3) is 0 Å². The first-order chi connectivity index (χ1) is 12.1. The molecule has 0 aliphatic carbocycles. The number of morpholine rings is 1. The molecule has 0 spiro atoms.